The van der Waals surface area contributed by atoms with Crippen LogP contribution in [0.4, 0.5) is 0 Å². The number of rotatable bonds is 8. The van der Waals surface area contributed by atoms with Crippen LogP contribution in [0.1, 0.15) is 119 Å². The molecule has 4 aliphatic rings. The number of fused-ring (bicyclic) bond motifs is 5. The molecule has 0 radical (unpaired) electrons. The Labute approximate surface area is 224 Å². The second kappa shape index (κ2) is 10.8. The third-order valence-electron chi connectivity index (χ3n) is 12.0. The summed E-state index contributed by atoms with van der Waals surface area (Å²) in [5, 5.41) is 0.991. The topological polar surface area (TPSA) is 26.3 Å². The number of carbonyl (C=O) groups excluding carboxylic acids is 1. The quantitative estimate of drug-likeness (QED) is 0.171. The minimum atomic E-state index is -0.119. The molecule has 3 saturated carbocycles. The molecule has 200 valence electrons. The van der Waals surface area contributed by atoms with Gasteiger partial charge in [-0.1, -0.05) is 81.5 Å². The number of alkyl halides is 1. The van der Waals surface area contributed by atoms with Gasteiger partial charge in [-0.2, -0.15) is 0 Å². The third-order valence-corrected chi connectivity index (χ3v) is 12.7. The van der Waals surface area contributed by atoms with Crippen molar-refractivity contribution in [3.8, 4) is 0 Å². The first-order valence-corrected chi connectivity index (χ1v) is 16.1. The van der Waals surface area contributed by atoms with Gasteiger partial charge in [0.25, 0.3) is 0 Å². The smallest absolute Gasteiger partial charge is 0.302 e. The van der Waals surface area contributed by atoms with E-state index >= 15 is 0 Å². The van der Waals surface area contributed by atoms with Crippen molar-refractivity contribution < 1.29 is 9.53 Å². The Morgan fingerprint density at radius 2 is 1.77 bits per heavy atom. The lowest BCUT2D eigenvalue weighted by Crippen LogP contribution is -2.52. The fraction of sp³-hybridized carbons (Fsp3) is 0.906. The predicted molar refractivity (Wildman–Crippen MR) is 151 cm³/mol. The Hall–Kier alpha value is -0.310. The molecular formula is C32H53BrO2. The second-order valence-electron chi connectivity index (χ2n) is 13.9. The molecule has 0 bridgehead atoms. The SMILES string of the molecule is CC[C@H](CC[C@@H](C)[C@H]1CCC2C3CC(CBr)=C4C[C@@H](OC(C)=O)CC[C@]4(C)C3CC[C@@]21C)C(C)C. The van der Waals surface area contributed by atoms with Gasteiger partial charge < -0.3 is 4.74 Å². The first kappa shape index (κ1) is 27.7. The van der Waals surface area contributed by atoms with Crippen LogP contribution < -0.4 is 0 Å². The van der Waals surface area contributed by atoms with Crippen molar-refractivity contribution >= 4 is 21.9 Å². The van der Waals surface area contributed by atoms with E-state index in [0.29, 0.717) is 10.8 Å². The van der Waals surface area contributed by atoms with E-state index in [1.165, 1.54) is 57.8 Å². The summed E-state index contributed by atoms with van der Waals surface area (Å²) in [5.74, 6) is 5.90. The maximum Gasteiger partial charge on any atom is 0.302 e. The molecule has 0 aromatic heterocycles. The summed E-state index contributed by atoms with van der Waals surface area (Å²) in [4.78, 5) is 11.7. The number of carbonyl (C=O) groups is 1. The zero-order chi connectivity index (χ0) is 25.5. The minimum absolute atomic E-state index is 0.0875. The zero-order valence-electron chi connectivity index (χ0n) is 23.8. The van der Waals surface area contributed by atoms with Crippen molar-refractivity contribution in [2.75, 3.05) is 5.33 Å². The average Bonchev–Trinajstić information content (AvgIpc) is 3.16. The van der Waals surface area contributed by atoms with Crippen LogP contribution in [-0.4, -0.2) is 17.4 Å². The molecule has 0 spiro atoms. The van der Waals surface area contributed by atoms with Gasteiger partial charge in [0.2, 0.25) is 0 Å². The molecule has 0 heterocycles. The Bertz CT molecular complexity index is 801. The van der Waals surface area contributed by atoms with Gasteiger partial charge >= 0.3 is 5.97 Å². The average molecular weight is 550 g/mol. The molecule has 3 fully saturated rings. The summed E-state index contributed by atoms with van der Waals surface area (Å²) in [6.45, 7) is 16.7. The van der Waals surface area contributed by atoms with Crippen LogP contribution in [0.25, 0.3) is 0 Å². The van der Waals surface area contributed by atoms with Crippen LogP contribution in [-0.2, 0) is 9.53 Å². The van der Waals surface area contributed by atoms with Gasteiger partial charge in [0.05, 0.1) is 0 Å². The van der Waals surface area contributed by atoms with Crippen LogP contribution in [0.2, 0.25) is 0 Å². The van der Waals surface area contributed by atoms with Crippen LogP contribution in [0.3, 0.4) is 0 Å². The highest BCUT2D eigenvalue weighted by Gasteiger charge is 2.60. The number of ether oxygens (including phenoxy) is 1. The maximum absolute atomic E-state index is 11.7. The summed E-state index contributed by atoms with van der Waals surface area (Å²) in [6, 6.07) is 0. The normalized spacial score (nSPS) is 40.7. The lowest BCUT2D eigenvalue weighted by atomic mass is 9.46. The van der Waals surface area contributed by atoms with Crippen LogP contribution in [0.5, 0.6) is 0 Å². The standard InChI is InChI=1S/C32H53BrO2/c1-8-23(20(2)3)10-9-21(4)27-11-12-28-26-17-24(19-33)30-18-25(35-22(5)34)13-15-32(30,7)29(26)14-16-31(27,28)6/h20-21,23,25-29H,8-19H2,1-7H3/t21-,23-,25+,26?,27-,28?,29?,31-,32-/m1/s1. The van der Waals surface area contributed by atoms with Gasteiger partial charge in [-0.25, -0.2) is 0 Å². The molecule has 0 aliphatic heterocycles. The largest absolute Gasteiger partial charge is 0.462 e. The molecule has 2 nitrogen and oxygen atoms in total. The van der Waals surface area contributed by atoms with Gasteiger partial charge in [0.1, 0.15) is 6.10 Å². The molecule has 9 atom stereocenters. The van der Waals surface area contributed by atoms with Gasteiger partial charge in [-0.15, -0.1) is 0 Å². The van der Waals surface area contributed by atoms with Crippen LogP contribution in [0, 0.1) is 52.3 Å². The summed E-state index contributed by atoms with van der Waals surface area (Å²) in [7, 11) is 0. The fourth-order valence-corrected chi connectivity index (χ4v) is 10.6. The van der Waals surface area contributed by atoms with Gasteiger partial charge in [-0.3, -0.25) is 4.79 Å². The van der Waals surface area contributed by atoms with Crippen molar-refractivity contribution in [1.82, 2.24) is 0 Å². The highest BCUT2D eigenvalue weighted by molar-refractivity contribution is 9.09. The van der Waals surface area contributed by atoms with E-state index in [4.69, 9.17) is 4.74 Å². The fourth-order valence-electron chi connectivity index (χ4n) is 10.0. The van der Waals surface area contributed by atoms with E-state index < -0.39 is 0 Å². The third kappa shape index (κ3) is 5.07. The summed E-state index contributed by atoms with van der Waals surface area (Å²) < 4.78 is 5.71. The molecule has 4 aliphatic carbocycles. The molecule has 3 heteroatoms. The van der Waals surface area contributed by atoms with Gasteiger partial charge in [0, 0.05) is 18.7 Å². The number of allylic oxidation sites excluding steroid dienone is 1. The van der Waals surface area contributed by atoms with Crippen molar-refractivity contribution in [1.29, 1.82) is 0 Å². The monoisotopic (exact) mass is 548 g/mol. The molecule has 0 amide bonds. The van der Waals surface area contributed by atoms with Crippen LogP contribution >= 0.6 is 15.9 Å². The van der Waals surface area contributed by atoms with Crippen molar-refractivity contribution in [3.63, 3.8) is 0 Å². The Morgan fingerprint density at radius 1 is 1.03 bits per heavy atom. The van der Waals surface area contributed by atoms with E-state index in [1.807, 2.05) is 0 Å². The Balaban J connectivity index is 1.52. The highest BCUT2D eigenvalue weighted by Crippen LogP contribution is 2.68. The van der Waals surface area contributed by atoms with Crippen molar-refractivity contribution in [2.24, 2.45) is 52.3 Å². The first-order chi connectivity index (χ1) is 16.5. The molecule has 0 N–H and O–H groups in total. The molecular weight excluding hydrogens is 496 g/mol. The molecule has 0 aromatic rings. The highest BCUT2D eigenvalue weighted by atomic mass is 79.9. The van der Waals surface area contributed by atoms with Crippen LogP contribution in [0.15, 0.2) is 11.1 Å². The summed E-state index contributed by atoms with van der Waals surface area (Å²) in [6.07, 6.45) is 14.5. The zero-order valence-corrected chi connectivity index (χ0v) is 25.4. The molecule has 4 rings (SSSR count). The first-order valence-electron chi connectivity index (χ1n) is 15.0. The number of hydrogen-bond acceptors (Lipinski definition) is 2. The van der Waals surface area contributed by atoms with Gasteiger partial charge in [0.15, 0.2) is 0 Å². The van der Waals surface area contributed by atoms with Crippen molar-refractivity contribution in [3.05, 3.63) is 11.1 Å². The van der Waals surface area contributed by atoms with E-state index in [2.05, 4.69) is 57.5 Å². The molecule has 35 heavy (non-hydrogen) atoms. The Kier molecular flexibility index (Phi) is 8.57. The number of hydrogen-bond donors (Lipinski definition) is 0. The summed E-state index contributed by atoms with van der Waals surface area (Å²) >= 11 is 3.89. The summed E-state index contributed by atoms with van der Waals surface area (Å²) in [5.41, 5.74) is 4.13. The number of halogens is 1. The Morgan fingerprint density at radius 3 is 2.40 bits per heavy atom. The molecule has 3 unspecified atom stereocenters. The maximum atomic E-state index is 11.7. The molecule has 0 aromatic carbocycles. The lowest BCUT2D eigenvalue weighted by molar-refractivity contribution is -0.148. The minimum Gasteiger partial charge on any atom is -0.462 e. The number of esters is 1. The van der Waals surface area contributed by atoms with E-state index in [9.17, 15) is 4.79 Å². The predicted octanol–water partition coefficient (Wildman–Crippen LogP) is 9.36. The molecule has 0 saturated heterocycles. The van der Waals surface area contributed by atoms with E-state index in [-0.39, 0.29) is 12.1 Å². The van der Waals surface area contributed by atoms with E-state index in [1.54, 1.807) is 18.1 Å². The lowest BCUT2D eigenvalue weighted by Gasteiger charge is -2.59. The van der Waals surface area contributed by atoms with E-state index in [0.717, 1.165) is 59.6 Å². The second-order valence-corrected chi connectivity index (χ2v) is 14.4. The van der Waals surface area contributed by atoms with Gasteiger partial charge in [-0.05, 0) is 104 Å². The van der Waals surface area contributed by atoms with Crippen molar-refractivity contribution in [2.45, 2.75) is 125 Å².